The van der Waals surface area contributed by atoms with Crippen molar-refractivity contribution >= 4 is 20.4 Å². The molecule has 0 aliphatic carbocycles. The van der Waals surface area contributed by atoms with Gasteiger partial charge in [0, 0.05) is 0 Å². The zero-order valence-corrected chi connectivity index (χ0v) is 13.7. The second-order valence-corrected chi connectivity index (χ2v) is 6.20. The molecule has 0 bridgehead atoms. The number of aromatic hydroxyl groups is 1. The van der Waals surface area contributed by atoms with Crippen LogP contribution in [0.3, 0.4) is 0 Å². The van der Waals surface area contributed by atoms with Crippen LogP contribution in [0.1, 0.15) is 0 Å². The summed E-state index contributed by atoms with van der Waals surface area (Å²) in [6.07, 6.45) is 3.43. The first-order valence-electron chi connectivity index (χ1n) is 6.61. The molecule has 1 aromatic carbocycles. The van der Waals surface area contributed by atoms with Gasteiger partial charge >= 0.3 is 134 Å². The Morgan fingerprint density at radius 2 is 1.82 bits per heavy atom. The Bertz CT molecular complexity index is 778. The van der Waals surface area contributed by atoms with Crippen LogP contribution in [0.25, 0.3) is 11.3 Å². The van der Waals surface area contributed by atoms with Crippen LogP contribution in [0.4, 0.5) is 0 Å². The van der Waals surface area contributed by atoms with Crippen LogP contribution in [-0.2, 0) is 0 Å². The van der Waals surface area contributed by atoms with Crippen LogP contribution in [0, 0.1) is 0 Å². The van der Waals surface area contributed by atoms with E-state index in [0.717, 1.165) is 15.9 Å². The summed E-state index contributed by atoms with van der Waals surface area (Å²) in [7, 11) is 0. The van der Waals surface area contributed by atoms with Crippen molar-refractivity contribution in [2.45, 2.75) is 5.71 Å². The van der Waals surface area contributed by atoms with Crippen LogP contribution >= 0.6 is 0 Å². The zero-order chi connectivity index (χ0) is 15.4. The molecular weight excluding hydrogens is 341 g/mol. The number of pyridine rings is 1. The molecule has 3 aromatic rings. The number of hydrogen-bond acceptors (Lipinski definition) is 5. The van der Waals surface area contributed by atoms with Gasteiger partial charge in [0.1, 0.15) is 0 Å². The fraction of sp³-hybridized carbons (Fsp3) is 0.0625. The van der Waals surface area contributed by atoms with Gasteiger partial charge in [-0.3, -0.25) is 0 Å². The summed E-state index contributed by atoms with van der Waals surface area (Å²) in [5.41, 5.74) is 3.71. The molecular formula is C16H13AsN3O2. The third-order valence-electron chi connectivity index (χ3n) is 2.94. The number of phenolic OH excluding ortho intramolecular Hbond substituents is 1. The Labute approximate surface area is 134 Å². The van der Waals surface area contributed by atoms with Crippen molar-refractivity contribution in [3.63, 3.8) is 0 Å². The van der Waals surface area contributed by atoms with Crippen molar-refractivity contribution in [1.82, 2.24) is 15.0 Å². The number of nitrogens with zero attached hydrogens (tertiary/aromatic N) is 3. The molecule has 109 valence electrons. The van der Waals surface area contributed by atoms with E-state index in [-0.39, 0.29) is 21.5 Å². The summed E-state index contributed by atoms with van der Waals surface area (Å²) in [6.45, 7) is 0. The summed E-state index contributed by atoms with van der Waals surface area (Å²) in [5, 5.41) is 9.33. The Morgan fingerprint density at radius 3 is 2.59 bits per heavy atom. The van der Waals surface area contributed by atoms with Crippen LogP contribution in [0.15, 0.2) is 54.9 Å². The standard InChI is InChI=1S/C16H13AsN3O2/c1-17-16-19-10-8-14(20-16)13-3-2-9-18-15(13)22-12-6-4-11(21)5-7-12/h2-10,21H,1H3. The third-order valence-corrected chi connectivity index (χ3v) is 4.23. The molecule has 0 saturated carbocycles. The van der Waals surface area contributed by atoms with Crippen LogP contribution in [-0.4, -0.2) is 35.8 Å². The molecule has 0 saturated heterocycles. The SMILES string of the molecule is C[As]c1nccc(-c2cccnc2Oc2ccc(O)cc2)n1. The van der Waals surface area contributed by atoms with E-state index in [1.54, 1.807) is 36.7 Å². The summed E-state index contributed by atoms with van der Waals surface area (Å²) < 4.78 is 6.69. The van der Waals surface area contributed by atoms with E-state index in [2.05, 4.69) is 20.7 Å². The predicted molar refractivity (Wildman–Crippen MR) is 84.7 cm³/mol. The van der Waals surface area contributed by atoms with Gasteiger partial charge in [0.2, 0.25) is 0 Å². The first-order valence-corrected chi connectivity index (χ1v) is 9.43. The van der Waals surface area contributed by atoms with Gasteiger partial charge in [-0.05, 0) is 0 Å². The second kappa shape index (κ2) is 6.58. The first-order chi connectivity index (χ1) is 10.8. The molecule has 22 heavy (non-hydrogen) atoms. The van der Waals surface area contributed by atoms with Crippen molar-refractivity contribution < 1.29 is 9.84 Å². The summed E-state index contributed by atoms with van der Waals surface area (Å²) in [6, 6.07) is 12.1. The predicted octanol–water partition coefficient (Wildman–Crippen LogP) is 2.41. The number of hydrogen-bond donors (Lipinski definition) is 1. The summed E-state index contributed by atoms with van der Waals surface area (Å²) in [5.74, 6) is 1.28. The maximum atomic E-state index is 9.33. The molecule has 1 radical (unpaired) electrons. The zero-order valence-electron chi connectivity index (χ0n) is 11.8. The molecule has 0 atom stereocenters. The Hall–Kier alpha value is -2.39. The van der Waals surface area contributed by atoms with Gasteiger partial charge < -0.3 is 0 Å². The van der Waals surface area contributed by atoms with E-state index in [1.807, 2.05) is 18.2 Å². The van der Waals surface area contributed by atoms with Gasteiger partial charge in [-0.15, -0.1) is 0 Å². The average molecular weight is 354 g/mol. The fourth-order valence-corrected chi connectivity index (χ4v) is 2.72. The van der Waals surface area contributed by atoms with Crippen molar-refractivity contribution in [2.24, 2.45) is 0 Å². The van der Waals surface area contributed by atoms with E-state index < -0.39 is 0 Å². The average Bonchev–Trinajstić information content (AvgIpc) is 2.57. The molecule has 0 aliphatic rings. The van der Waals surface area contributed by atoms with E-state index in [9.17, 15) is 5.11 Å². The number of phenols is 1. The molecule has 0 fully saturated rings. The normalized spacial score (nSPS) is 11.0. The molecule has 2 heterocycles. The number of aromatic nitrogens is 3. The topological polar surface area (TPSA) is 68.1 Å². The maximum absolute atomic E-state index is 9.33. The van der Waals surface area contributed by atoms with E-state index in [4.69, 9.17) is 4.74 Å². The van der Waals surface area contributed by atoms with E-state index in [0.29, 0.717) is 11.6 Å². The van der Waals surface area contributed by atoms with Crippen LogP contribution < -0.4 is 9.35 Å². The van der Waals surface area contributed by atoms with Gasteiger partial charge in [-0.25, -0.2) is 0 Å². The summed E-state index contributed by atoms with van der Waals surface area (Å²) >= 11 is -0.0346. The van der Waals surface area contributed by atoms with Crippen molar-refractivity contribution in [3.05, 3.63) is 54.9 Å². The molecule has 3 rings (SSSR count). The van der Waals surface area contributed by atoms with Crippen molar-refractivity contribution in [1.29, 1.82) is 0 Å². The summed E-state index contributed by atoms with van der Waals surface area (Å²) in [4.78, 5) is 13.1. The van der Waals surface area contributed by atoms with Gasteiger partial charge in [0.25, 0.3) is 0 Å². The van der Waals surface area contributed by atoms with Gasteiger partial charge in [0.05, 0.1) is 0 Å². The Balaban J connectivity index is 1.97. The fourth-order valence-electron chi connectivity index (χ4n) is 1.90. The first kappa shape index (κ1) is 14.5. The van der Waals surface area contributed by atoms with Crippen molar-refractivity contribution in [2.75, 3.05) is 0 Å². The molecule has 6 heteroatoms. The molecule has 0 spiro atoms. The molecule has 2 aromatic heterocycles. The number of rotatable bonds is 4. The van der Waals surface area contributed by atoms with E-state index in [1.165, 1.54) is 0 Å². The van der Waals surface area contributed by atoms with Crippen LogP contribution in [0.2, 0.25) is 5.71 Å². The Morgan fingerprint density at radius 1 is 1.00 bits per heavy atom. The monoisotopic (exact) mass is 354 g/mol. The number of ether oxygens (including phenoxy) is 1. The van der Waals surface area contributed by atoms with Gasteiger partial charge in [0.15, 0.2) is 0 Å². The molecule has 5 nitrogen and oxygen atoms in total. The van der Waals surface area contributed by atoms with Gasteiger partial charge in [-0.2, -0.15) is 0 Å². The quantitative estimate of drug-likeness (QED) is 0.729. The van der Waals surface area contributed by atoms with Crippen LogP contribution in [0.5, 0.6) is 17.4 Å². The number of benzene rings is 1. The van der Waals surface area contributed by atoms with Crippen molar-refractivity contribution in [3.8, 4) is 28.6 Å². The second-order valence-electron chi connectivity index (χ2n) is 4.42. The molecule has 1 N–H and O–H groups in total. The Kier molecular flexibility index (Phi) is 4.35. The molecule has 0 amide bonds. The minimum atomic E-state index is -0.0346. The van der Waals surface area contributed by atoms with Gasteiger partial charge in [-0.1, -0.05) is 0 Å². The molecule has 0 aliphatic heterocycles. The molecule has 0 unspecified atom stereocenters. The minimum absolute atomic E-state index is 0.0346. The third kappa shape index (κ3) is 3.26. The van der Waals surface area contributed by atoms with E-state index >= 15 is 0 Å².